The van der Waals surface area contributed by atoms with Crippen molar-refractivity contribution in [2.24, 2.45) is 50.2 Å². The van der Waals surface area contributed by atoms with Crippen molar-refractivity contribution in [3.05, 3.63) is 41.1 Å². The highest BCUT2D eigenvalue weighted by molar-refractivity contribution is 5.97. The number of fused-ring (bicyclic) bond motifs is 7. The van der Waals surface area contributed by atoms with Crippen LogP contribution in [0, 0.1) is 55.5 Å². The molecule has 0 radical (unpaired) electrons. The predicted molar refractivity (Wildman–Crippen MR) is 176 cm³/mol. The van der Waals surface area contributed by atoms with Crippen LogP contribution in [0.25, 0.3) is 0 Å². The molecule has 1 aromatic rings. The SMILES string of the molecule is CC(=O)O[C@@H]1CC[C@]2(C)[C@H](CC[C@]3(C)[C@@H]2C(=O)C=C2[C@@H]4C[C@](C)(C(=O)Nc5ccc([NH+]([O-])O)cc5)CC[C@@]4(C)CC[C@]23C)C1(C)C. The van der Waals surface area contributed by atoms with Gasteiger partial charge in [-0.25, -0.2) is 5.21 Å². The molecule has 1 amide bonds. The van der Waals surface area contributed by atoms with Gasteiger partial charge in [-0.3, -0.25) is 14.4 Å². The molecule has 1 aromatic carbocycles. The minimum absolute atomic E-state index is 0.0307. The van der Waals surface area contributed by atoms with E-state index in [2.05, 4.69) is 53.8 Å². The molecule has 0 aromatic heterocycles. The van der Waals surface area contributed by atoms with Gasteiger partial charge in [-0.05, 0) is 109 Å². The van der Waals surface area contributed by atoms with Crippen molar-refractivity contribution in [3.63, 3.8) is 0 Å². The number of hydrogen-bond donors (Lipinski definition) is 3. The molecule has 4 saturated carbocycles. The lowest BCUT2D eigenvalue weighted by Crippen LogP contribution is -2.99. The third kappa shape index (κ3) is 4.75. The van der Waals surface area contributed by atoms with Gasteiger partial charge in [0.15, 0.2) is 11.5 Å². The van der Waals surface area contributed by atoms with Gasteiger partial charge in [0, 0.05) is 41.5 Å². The molecule has 0 spiro atoms. The molecule has 8 heteroatoms. The van der Waals surface area contributed by atoms with Crippen LogP contribution in [0.15, 0.2) is 35.9 Å². The van der Waals surface area contributed by atoms with E-state index in [1.165, 1.54) is 24.6 Å². The van der Waals surface area contributed by atoms with Crippen LogP contribution in [-0.4, -0.2) is 29.0 Å². The fourth-order valence-corrected chi connectivity index (χ4v) is 11.8. The molecule has 0 aliphatic heterocycles. The molecule has 0 bridgehead atoms. The van der Waals surface area contributed by atoms with Crippen LogP contribution in [-0.2, 0) is 19.1 Å². The number of ketones is 1. The van der Waals surface area contributed by atoms with Crippen molar-refractivity contribution in [2.75, 3.05) is 5.32 Å². The Labute approximate surface area is 274 Å². The summed E-state index contributed by atoms with van der Waals surface area (Å²) in [5.74, 6) is 0.291. The number of carbonyl (C=O) groups excluding carboxylic acids is 3. The Balaban J connectivity index is 1.32. The third-order valence-electron chi connectivity index (χ3n) is 14.8. The Morgan fingerprint density at radius 2 is 1.59 bits per heavy atom. The quantitative estimate of drug-likeness (QED) is 0.244. The minimum Gasteiger partial charge on any atom is -0.595 e. The van der Waals surface area contributed by atoms with Gasteiger partial charge in [0.25, 0.3) is 0 Å². The van der Waals surface area contributed by atoms with Gasteiger partial charge in [0.1, 0.15) is 6.10 Å². The largest absolute Gasteiger partial charge is 0.595 e. The van der Waals surface area contributed by atoms with E-state index < -0.39 is 10.6 Å². The van der Waals surface area contributed by atoms with Crippen molar-refractivity contribution >= 4 is 29.0 Å². The molecule has 5 aliphatic carbocycles. The van der Waals surface area contributed by atoms with E-state index in [1.807, 2.05) is 6.08 Å². The zero-order valence-corrected chi connectivity index (χ0v) is 29.0. The van der Waals surface area contributed by atoms with Crippen LogP contribution in [0.2, 0.25) is 0 Å². The summed E-state index contributed by atoms with van der Waals surface area (Å²) in [4.78, 5) is 40.6. The lowest BCUT2D eigenvalue weighted by molar-refractivity contribution is -0.991. The number of ether oxygens (including phenoxy) is 1. The number of amides is 1. The van der Waals surface area contributed by atoms with E-state index in [4.69, 9.17) is 4.74 Å². The topological polar surface area (TPSA) is 120 Å². The first-order valence-electron chi connectivity index (χ1n) is 17.4. The van der Waals surface area contributed by atoms with Crippen LogP contribution in [0.3, 0.4) is 0 Å². The summed E-state index contributed by atoms with van der Waals surface area (Å²) in [5, 5.41) is 22.6. The Kier molecular flexibility index (Phi) is 7.78. The highest BCUT2D eigenvalue weighted by Gasteiger charge is 2.70. The maximum absolute atomic E-state index is 14.7. The second-order valence-corrected chi connectivity index (χ2v) is 17.5. The molecular formula is C38H54N2O6. The first-order valence-corrected chi connectivity index (χ1v) is 17.4. The fourth-order valence-electron chi connectivity index (χ4n) is 11.8. The summed E-state index contributed by atoms with van der Waals surface area (Å²) in [6.07, 6.45) is 10.0. The monoisotopic (exact) mass is 634 g/mol. The highest BCUT2D eigenvalue weighted by Crippen LogP contribution is 2.75. The lowest BCUT2D eigenvalue weighted by Gasteiger charge is -2.70. The molecule has 1 unspecified atom stereocenters. The molecule has 5 aliphatic rings. The Hall–Kier alpha value is -2.55. The second-order valence-electron chi connectivity index (χ2n) is 17.5. The van der Waals surface area contributed by atoms with E-state index in [0.717, 1.165) is 51.4 Å². The van der Waals surface area contributed by atoms with Gasteiger partial charge in [-0.1, -0.05) is 54.0 Å². The van der Waals surface area contributed by atoms with Gasteiger partial charge >= 0.3 is 5.97 Å². The van der Waals surface area contributed by atoms with Crippen molar-refractivity contribution in [3.8, 4) is 0 Å². The van der Waals surface area contributed by atoms with E-state index in [0.29, 0.717) is 12.1 Å². The Morgan fingerprint density at radius 1 is 0.935 bits per heavy atom. The predicted octanol–water partition coefficient (Wildman–Crippen LogP) is 6.94. The molecule has 10 atom stereocenters. The third-order valence-corrected chi connectivity index (χ3v) is 14.8. The summed E-state index contributed by atoms with van der Waals surface area (Å²) in [7, 11) is 0. The fraction of sp³-hybridized carbons (Fsp3) is 0.711. The molecule has 0 saturated heterocycles. The molecule has 6 rings (SSSR count). The van der Waals surface area contributed by atoms with E-state index in [9.17, 15) is 24.8 Å². The summed E-state index contributed by atoms with van der Waals surface area (Å²) in [6.45, 7) is 17.6. The van der Waals surface area contributed by atoms with Gasteiger partial charge in [0.05, 0.1) is 0 Å². The Bertz CT molecular complexity index is 1470. The summed E-state index contributed by atoms with van der Waals surface area (Å²) in [6, 6.07) is 6.33. The van der Waals surface area contributed by atoms with Gasteiger partial charge in [-0.2, -0.15) is 5.23 Å². The first-order chi connectivity index (χ1) is 21.3. The second kappa shape index (κ2) is 10.7. The molecular weight excluding hydrogens is 580 g/mol. The maximum Gasteiger partial charge on any atom is 0.302 e. The number of carbonyl (C=O) groups is 3. The smallest absolute Gasteiger partial charge is 0.302 e. The van der Waals surface area contributed by atoms with E-state index in [1.54, 1.807) is 12.1 Å². The number of rotatable bonds is 4. The number of allylic oxidation sites excluding steroid dienone is 2. The average Bonchev–Trinajstić information content (AvgIpc) is 2.96. The lowest BCUT2D eigenvalue weighted by atomic mass is 9.33. The number of quaternary nitrogens is 1. The van der Waals surface area contributed by atoms with Gasteiger partial charge in [-0.15, -0.1) is 0 Å². The van der Waals surface area contributed by atoms with Crippen LogP contribution in [0.1, 0.15) is 113 Å². The molecule has 8 nitrogen and oxygen atoms in total. The van der Waals surface area contributed by atoms with Crippen LogP contribution in [0.4, 0.5) is 11.4 Å². The number of hydrogen-bond acceptors (Lipinski definition) is 6. The molecule has 0 heterocycles. The molecule has 46 heavy (non-hydrogen) atoms. The Morgan fingerprint density at radius 3 is 2.22 bits per heavy atom. The first kappa shape index (κ1) is 33.4. The molecule has 4 fully saturated rings. The normalized spacial score (nSPS) is 43.5. The average molecular weight is 635 g/mol. The number of benzene rings is 1. The zero-order valence-electron chi connectivity index (χ0n) is 29.0. The number of anilines is 1. The van der Waals surface area contributed by atoms with Gasteiger partial charge in [0.2, 0.25) is 5.91 Å². The van der Waals surface area contributed by atoms with Crippen LogP contribution >= 0.6 is 0 Å². The number of esters is 1. The number of nitrogens with one attached hydrogen (secondary N) is 2. The summed E-state index contributed by atoms with van der Waals surface area (Å²) < 4.78 is 5.86. The zero-order chi connectivity index (χ0) is 33.7. The van der Waals surface area contributed by atoms with Gasteiger partial charge < -0.3 is 15.3 Å². The van der Waals surface area contributed by atoms with E-state index in [-0.39, 0.29) is 74.3 Å². The summed E-state index contributed by atoms with van der Waals surface area (Å²) in [5.41, 5.74) is 0.705. The van der Waals surface area contributed by atoms with Crippen molar-refractivity contribution in [2.45, 2.75) is 119 Å². The van der Waals surface area contributed by atoms with E-state index >= 15 is 0 Å². The van der Waals surface area contributed by atoms with Crippen molar-refractivity contribution in [1.29, 1.82) is 0 Å². The van der Waals surface area contributed by atoms with Crippen LogP contribution < -0.4 is 10.5 Å². The van der Waals surface area contributed by atoms with Crippen LogP contribution in [0.5, 0.6) is 0 Å². The maximum atomic E-state index is 14.7. The standard InChI is InChI=1S/C38H54N2O6/c1-23(41)46-30-14-15-36(6)29(33(30,2)3)13-16-38(8)31(36)28(42)21-26-27-22-35(5,18-17-34(27,4)19-20-37(26,38)7)32(43)39-24-9-11-25(12-10-24)40(44)45/h9-12,21,27,29-31,40,44H,13-20,22H2,1-8H3,(H,39,43)/t27-,29+,30+,31+,34-,35+,36+,37+,38+/m0/s1. The molecule has 3 N–H and O–H groups in total. The molecule has 252 valence electrons. The highest BCUT2D eigenvalue weighted by atomic mass is 16.8. The van der Waals surface area contributed by atoms with Crippen molar-refractivity contribution < 1.29 is 29.6 Å². The minimum atomic E-state index is -0.996. The van der Waals surface area contributed by atoms with Crippen molar-refractivity contribution in [1.82, 2.24) is 0 Å². The summed E-state index contributed by atoms with van der Waals surface area (Å²) >= 11 is 0.